The number of aliphatic imine (C=N–C) groups is 1. The lowest BCUT2D eigenvalue weighted by Gasteiger charge is -2.24. The van der Waals surface area contributed by atoms with Crippen LogP contribution in [0.3, 0.4) is 0 Å². The van der Waals surface area contributed by atoms with Crippen LogP contribution in [0.5, 0.6) is 0 Å². The second kappa shape index (κ2) is 9.95. The Labute approximate surface area is 196 Å². The maximum atomic E-state index is 13.5. The molecular formula is C25H27F3N4O2. The molecule has 1 atom stereocenters. The lowest BCUT2D eigenvalue weighted by atomic mass is 9.94. The molecule has 0 N–H and O–H groups in total. The number of halogens is 3. The van der Waals surface area contributed by atoms with Gasteiger partial charge in [-0.05, 0) is 37.8 Å². The Hall–Kier alpha value is -3.23. The number of hydrogen-bond acceptors (Lipinski definition) is 4. The molecule has 2 aromatic rings. The maximum absolute atomic E-state index is 13.5. The number of allylic oxidation sites excluding steroid dienone is 2. The molecule has 1 aromatic carbocycles. The van der Waals surface area contributed by atoms with Gasteiger partial charge in [-0.3, -0.25) is 19.3 Å². The molecule has 1 aromatic heterocycles. The molecule has 1 aliphatic carbocycles. The third-order valence-electron chi connectivity index (χ3n) is 6.32. The first-order chi connectivity index (χ1) is 16.2. The highest BCUT2D eigenvalue weighted by Crippen LogP contribution is 2.36. The third kappa shape index (κ3) is 5.29. The van der Waals surface area contributed by atoms with E-state index in [1.165, 1.54) is 9.58 Å². The van der Waals surface area contributed by atoms with Crippen LogP contribution < -0.4 is 4.90 Å². The number of carbonyl (C=O) groups excluding carboxylic acids is 2. The molecule has 0 fully saturated rings. The number of alkyl halides is 3. The van der Waals surface area contributed by atoms with Crippen molar-refractivity contribution >= 4 is 23.6 Å². The first-order valence-corrected chi connectivity index (χ1v) is 11.5. The van der Waals surface area contributed by atoms with Gasteiger partial charge < -0.3 is 4.90 Å². The molecule has 0 spiro atoms. The second-order valence-electron chi connectivity index (χ2n) is 8.76. The monoisotopic (exact) mass is 472 g/mol. The summed E-state index contributed by atoms with van der Waals surface area (Å²) in [6.45, 7) is -0.278. The highest BCUT2D eigenvalue weighted by molar-refractivity contribution is 5.97. The normalized spacial score (nSPS) is 16.2. The highest BCUT2D eigenvalue weighted by Gasteiger charge is 2.39. The quantitative estimate of drug-likeness (QED) is 0.556. The van der Waals surface area contributed by atoms with Gasteiger partial charge in [0.1, 0.15) is 0 Å². The van der Waals surface area contributed by atoms with Crippen molar-refractivity contribution in [1.29, 1.82) is 0 Å². The van der Waals surface area contributed by atoms with Crippen molar-refractivity contribution in [1.82, 2.24) is 9.78 Å². The number of anilines is 1. The number of para-hydroxylation sites is 1. The number of hydrogen-bond donors (Lipinski definition) is 0. The summed E-state index contributed by atoms with van der Waals surface area (Å²) in [5.74, 6) is -1.24. The zero-order valence-corrected chi connectivity index (χ0v) is 19.0. The van der Waals surface area contributed by atoms with Crippen molar-refractivity contribution < 1.29 is 22.8 Å². The summed E-state index contributed by atoms with van der Waals surface area (Å²) in [5.41, 5.74) is 1.23. The fraction of sp³-hybridized carbons (Fsp3) is 0.440. The molecule has 0 bridgehead atoms. The van der Waals surface area contributed by atoms with E-state index in [0.717, 1.165) is 12.1 Å². The van der Waals surface area contributed by atoms with Crippen molar-refractivity contribution in [3.63, 3.8) is 0 Å². The average molecular weight is 473 g/mol. The zero-order valence-electron chi connectivity index (χ0n) is 19.0. The average Bonchev–Trinajstić information content (AvgIpc) is 3.46. The molecule has 0 radical (unpaired) electrons. The number of carbonyl (C=O) groups is 2. The molecule has 2 aliphatic rings. The third-order valence-corrected chi connectivity index (χ3v) is 6.32. The Morgan fingerprint density at radius 3 is 2.56 bits per heavy atom. The molecule has 34 heavy (non-hydrogen) atoms. The van der Waals surface area contributed by atoms with Gasteiger partial charge in [0.2, 0.25) is 5.91 Å². The van der Waals surface area contributed by atoms with Crippen LogP contribution in [-0.2, 0) is 35.2 Å². The van der Waals surface area contributed by atoms with E-state index in [9.17, 15) is 22.8 Å². The van der Waals surface area contributed by atoms with Gasteiger partial charge in [0, 0.05) is 55.2 Å². The van der Waals surface area contributed by atoms with E-state index in [2.05, 4.69) is 10.1 Å². The summed E-state index contributed by atoms with van der Waals surface area (Å²) in [4.78, 5) is 32.1. The van der Waals surface area contributed by atoms with Gasteiger partial charge in [0.05, 0.1) is 12.5 Å². The number of ketones is 1. The molecule has 6 nitrogen and oxygen atoms in total. The number of amides is 1. The topological polar surface area (TPSA) is 67.6 Å². The van der Waals surface area contributed by atoms with E-state index in [4.69, 9.17) is 0 Å². The van der Waals surface area contributed by atoms with Crippen molar-refractivity contribution in [2.75, 3.05) is 11.9 Å². The molecule has 4 rings (SSSR count). The SMILES string of the molecule is CN(C(=O)[C@@H](CC(=O)Cn1nc(C(F)(F)F)c2c1CCCC2)CC1=CCC=N1)c1ccccc1. The molecule has 0 unspecified atom stereocenters. The van der Waals surface area contributed by atoms with Crippen LogP contribution >= 0.6 is 0 Å². The molecule has 2 heterocycles. The minimum Gasteiger partial charge on any atom is -0.315 e. The first kappa shape index (κ1) is 23.9. The Morgan fingerprint density at radius 2 is 1.88 bits per heavy atom. The molecule has 9 heteroatoms. The van der Waals surface area contributed by atoms with E-state index >= 15 is 0 Å². The van der Waals surface area contributed by atoms with Gasteiger partial charge in [-0.1, -0.05) is 24.3 Å². The summed E-state index contributed by atoms with van der Waals surface area (Å²) in [5, 5.41) is 3.78. The molecule has 1 amide bonds. The van der Waals surface area contributed by atoms with Gasteiger partial charge in [-0.25, -0.2) is 0 Å². The van der Waals surface area contributed by atoms with E-state index in [1.807, 2.05) is 24.3 Å². The van der Waals surface area contributed by atoms with Crippen molar-refractivity contribution in [3.8, 4) is 0 Å². The predicted molar refractivity (Wildman–Crippen MR) is 123 cm³/mol. The molecule has 0 saturated heterocycles. The minimum absolute atomic E-state index is 0.0984. The summed E-state index contributed by atoms with van der Waals surface area (Å²) < 4.78 is 41.7. The molecule has 180 valence electrons. The minimum atomic E-state index is -4.56. The Bertz CT molecular complexity index is 1120. The highest BCUT2D eigenvalue weighted by atomic mass is 19.4. The van der Waals surface area contributed by atoms with Crippen LogP contribution in [0.25, 0.3) is 0 Å². The largest absolute Gasteiger partial charge is 0.435 e. The van der Waals surface area contributed by atoms with Crippen molar-refractivity contribution in [2.24, 2.45) is 10.9 Å². The van der Waals surface area contributed by atoms with Crippen LogP contribution in [-0.4, -0.2) is 34.7 Å². The fourth-order valence-corrected chi connectivity index (χ4v) is 4.64. The van der Waals surface area contributed by atoms with Crippen molar-refractivity contribution in [2.45, 2.75) is 57.7 Å². The van der Waals surface area contributed by atoms with Gasteiger partial charge >= 0.3 is 6.18 Å². The Balaban J connectivity index is 1.54. The standard InChI is InChI=1S/C25H27F3N4O2/c1-31(19-9-3-2-4-10-19)24(34)17(14-18-8-7-13-29-18)15-20(33)16-32-22-12-6-5-11-21(22)23(30-32)25(26,27)28/h2-4,8-10,13,17H,5-7,11-12,14-16H2,1H3/t17-/m1/s1. The zero-order chi connectivity index (χ0) is 24.3. The summed E-state index contributed by atoms with van der Waals surface area (Å²) in [7, 11) is 1.65. The lowest BCUT2D eigenvalue weighted by Crippen LogP contribution is -2.35. The van der Waals surface area contributed by atoms with Gasteiger partial charge in [-0.15, -0.1) is 0 Å². The van der Waals surface area contributed by atoms with E-state index in [0.29, 0.717) is 43.5 Å². The van der Waals surface area contributed by atoms with Crippen LogP contribution in [0.1, 0.15) is 49.1 Å². The number of Topliss-reactive ketones (excluding diaryl/α,β-unsaturated/α-hetero) is 1. The van der Waals surface area contributed by atoms with Crippen LogP contribution in [0.4, 0.5) is 18.9 Å². The number of fused-ring (bicyclic) bond motifs is 1. The van der Waals surface area contributed by atoms with E-state index in [1.54, 1.807) is 25.4 Å². The lowest BCUT2D eigenvalue weighted by molar-refractivity contribution is -0.142. The van der Waals surface area contributed by atoms with Crippen molar-refractivity contribution in [3.05, 3.63) is 59.1 Å². The number of aromatic nitrogens is 2. The maximum Gasteiger partial charge on any atom is 0.435 e. The molecular weight excluding hydrogens is 445 g/mol. The van der Waals surface area contributed by atoms with Gasteiger partial charge in [0.15, 0.2) is 11.5 Å². The molecule has 0 saturated carbocycles. The smallest absolute Gasteiger partial charge is 0.315 e. The van der Waals surface area contributed by atoms with Gasteiger partial charge in [0.25, 0.3) is 0 Å². The molecule has 1 aliphatic heterocycles. The fourth-order valence-electron chi connectivity index (χ4n) is 4.64. The van der Waals surface area contributed by atoms with Crippen LogP contribution in [0.2, 0.25) is 0 Å². The summed E-state index contributed by atoms with van der Waals surface area (Å²) in [6.07, 6.45) is 2.19. The number of rotatable bonds is 8. The Morgan fingerprint density at radius 1 is 1.15 bits per heavy atom. The van der Waals surface area contributed by atoms with E-state index in [-0.39, 0.29) is 30.2 Å². The number of nitrogens with zero attached hydrogens (tertiary/aromatic N) is 4. The first-order valence-electron chi connectivity index (χ1n) is 11.5. The van der Waals surface area contributed by atoms with Crippen LogP contribution in [0, 0.1) is 5.92 Å². The predicted octanol–water partition coefficient (Wildman–Crippen LogP) is 4.77. The Kier molecular flexibility index (Phi) is 7.00. The summed E-state index contributed by atoms with van der Waals surface area (Å²) >= 11 is 0. The van der Waals surface area contributed by atoms with Crippen LogP contribution in [0.15, 0.2) is 47.1 Å². The second-order valence-corrected chi connectivity index (χ2v) is 8.76. The number of benzene rings is 1. The summed E-state index contributed by atoms with van der Waals surface area (Å²) in [6, 6.07) is 9.10. The van der Waals surface area contributed by atoms with Gasteiger partial charge in [-0.2, -0.15) is 18.3 Å². The van der Waals surface area contributed by atoms with E-state index < -0.39 is 17.8 Å².